The molecule has 0 aliphatic carbocycles. The second-order valence-corrected chi connectivity index (χ2v) is 3.76. The highest BCUT2D eigenvalue weighted by Gasteiger charge is 2.03. The first-order valence-corrected chi connectivity index (χ1v) is 5.55. The van der Waals surface area contributed by atoms with Crippen LogP contribution in [0.5, 0.6) is 0 Å². The summed E-state index contributed by atoms with van der Waals surface area (Å²) in [6.45, 7) is -0.116. The van der Waals surface area contributed by atoms with Crippen molar-refractivity contribution in [2.24, 2.45) is 10.2 Å². The summed E-state index contributed by atoms with van der Waals surface area (Å²) in [5, 5.41) is 27.6. The van der Waals surface area contributed by atoms with Gasteiger partial charge < -0.3 is 5.11 Å². The zero-order valence-corrected chi connectivity index (χ0v) is 9.93. The van der Waals surface area contributed by atoms with Gasteiger partial charge in [-0.25, -0.2) is 0 Å². The second-order valence-electron chi connectivity index (χ2n) is 3.76. The number of hydrogen-bond donors (Lipinski definition) is 1. The van der Waals surface area contributed by atoms with Crippen LogP contribution in [-0.4, -0.2) is 10.0 Å². The minimum atomic E-state index is -0.470. The molecule has 0 aliphatic heterocycles. The Labute approximate surface area is 109 Å². The van der Waals surface area contributed by atoms with Gasteiger partial charge in [-0.1, -0.05) is 18.2 Å². The summed E-state index contributed by atoms with van der Waals surface area (Å²) >= 11 is 0. The highest BCUT2D eigenvalue weighted by molar-refractivity contribution is 5.47. The molecule has 96 valence electrons. The molecule has 2 aromatic carbocycles. The number of hydrogen-bond acceptors (Lipinski definition) is 5. The van der Waals surface area contributed by atoms with Gasteiger partial charge in [-0.2, -0.15) is 10.2 Å². The minimum Gasteiger partial charge on any atom is -0.392 e. The van der Waals surface area contributed by atoms with Crippen molar-refractivity contribution < 1.29 is 10.0 Å². The fraction of sp³-hybridized carbons (Fsp3) is 0.0769. The van der Waals surface area contributed by atoms with Gasteiger partial charge >= 0.3 is 0 Å². The number of non-ortho nitro benzene ring substituents is 1. The van der Waals surface area contributed by atoms with Crippen LogP contribution in [0, 0.1) is 10.1 Å². The Bertz CT molecular complexity index is 609. The van der Waals surface area contributed by atoms with E-state index < -0.39 is 4.92 Å². The molecule has 0 heterocycles. The lowest BCUT2D eigenvalue weighted by molar-refractivity contribution is -0.384. The maximum atomic E-state index is 10.5. The summed E-state index contributed by atoms with van der Waals surface area (Å²) in [7, 11) is 0. The first-order chi connectivity index (χ1) is 9.20. The monoisotopic (exact) mass is 257 g/mol. The molecule has 6 heteroatoms. The van der Waals surface area contributed by atoms with E-state index in [0.29, 0.717) is 16.9 Å². The van der Waals surface area contributed by atoms with Gasteiger partial charge in [0.25, 0.3) is 5.69 Å². The molecule has 0 atom stereocenters. The van der Waals surface area contributed by atoms with Gasteiger partial charge in [0.1, 0.15) is 0 Å². The lowest BCUT2D eigenvalue weighted by atomic mass is 10.2. The van der Waals surface area contributed by atoms with Crippen LogP contribution in [0.4, 0.5) is 17.1 Å². The van der Waals surface area contributed by atoms with E-state index in [9.17, 15) is 10.1 Å². The molecule has 0 amide bonds. The van der Waals surface area contributed by atoms with Gasteiger partial charge in [0.2, 0.25) is 0 Å². The predicted molar refractivity (Wildman–Crippen MR) is 69.6 cm³/mol. The largest absolute Gasteiger partial charge is 0.392 e. The zero-order valence-electron chi connectivity index (χ0n) is 9.93. The van der Waals surface area contributed by atoms with Crippen LogP contribution in [0.1, 0.15) is 5.56 Å². The first-order valence-electron chi connectivity index (χ1n) is 5.55. The molecule has 0 saturated carbocycles. The second kappa shape index (κ2) is 5.83. The molecule has 0 aliphatic rings. The quantitative estimate of drug-likeness (QED) is 0.516. The van der Waals surface area contributed by atoms with Gasteiger partial charge in [0.05, 0.1) is 22.9 Å². The Hall–Kier alpha value is -2.60. The Morgan fingerprint density at radius 1 is 1.05 bits per heavy atom. The molecule has 2 aromatic rings. The summed E-state index contributed by atoms with van der Waals surface area (Å²) in [5.74, 6) is 0. The van der Waals surface area contributed by atoms with Crippen molar-refractivity contribution in [2.45, 2.75) is 6.61 Å². The van der Waals surface area contributed by atoms with Crippen LogP contribution in [0.25, 0.3) is 0 Å². The van der Waals surface area contributed by atoms with Crippen LogP contribution in [0.15, 0.2) is 58.8 Å². The van der Waals surface area contributed by atoms with E-state index in [1.807, 2.05) is 0 Å². The Morgan fingerprint density at radius 2 is 1.74 bits per heavy atom. The summed E-state index contributed by atoms with van der Waals surface area (Å²) in [6, 6.07) is 12.9. The summed E-state index contributed by atoms with van der Waals surface area (Å²) < 4.78 is 0. The molecule has 2 rings (SSSR count). The average molecular weight is 257 g/mol. The third-order valence-electron chi connectivity index (χ3n) is 2.50. The molecule has 0 saturated heterocycles. The first kappa shape index (κ1) is 12.8. The van der Waals surface area contributed by atoms with Crippen LogP contribution in [0.3, 0.4) is 0 Å². The third-order valence-corrected chi connectivity index (χ3v) is 2.50. The molecule has 1 N–H and O–H groups in total. The number of rotatable bonds is 4. The van der Waals surface area contributed by atoms with Crippen molar-refractivity contribution in [2.75, 3.05) is 0 Å². The van der Waals surface area contributed by atoms with Crippen molar-refractivity contribution >= 4 is 17.1 Å². The number of aliphatic hydroxyl groups excluding tert-OH is 1. The molecular weight excluding hydrogens is 246 g/mol. The van der Waals surface area contributed by atoms with Crippen LogP contribution < -0.4 is 0 Å². The molecule has 0 aromatic heterocycles. The van der Waals surface area contributed by atoms with Crippen LogP contribution in [0.2, 0.25) is 0 Å². The SMILES string of the molecule is O=[N+]([O-])c1ccc(N=Nc2ccccc2CO)cc1. The fourth-order valence-corrected chi connectivity index (χ4v) is 1.49. The molecule has 0 fully saturated rings. The molecule has 19 heavy (non-hydrogen) atoms. The van der Waals surface area contributed by atoms with E-state index in [0.717, 1.165) is 0 Å². The summed E-state index contributed by atoms with van der Waals surface area (Å²) in [4.78, 5) is 10.0. The van der Waals surface area contributed by atoms with E-state index >= 15 is 0 Å². The van der Waals surface area contributed by atoms with Gasteiger partial charge in [-0.3, -0.25) is 10.1 Å². The highest BCUT2D eigenvalue weighted by Crippen LogP contribution is 2.23. The van der Waals surface area contributed by atoms with Crippen LogP contribution >= 0.6 is 0 Å². The number of benzene rings is 2. The van der Waals surface area contributed by atoms with Crippen molar-refractivity contribution in [3.63, 3.8) is 0 Å². The lowest BCUT2D eigenvalue weighted by Crippen LogP contribution is -1.85. The van der Waals surface area contributed by atoms with Gasteiger partial charge in [0.15, 0.2) is 0 Å². The fourth-order valence-electron chi connectivity index (χ4n) is 1.49. The van der Waals surface area contributed by atoms with E-state index in [1.165, 1.54) is 24.3 Å². The Kier molecular flexibility index (Phi) is 3.94. The van der Waals surface area contributed by atoms with E-state index in [4.69, 9.17) is 5.11 Å². The number of nitro groups is 1. The smallest absolute Gasteiger partial charge is 0.269 e. The van der Waals surface area contributed by atoms with E-state index in [-0.39, 0.29) is 12.3 Å². The summed E-state index contributed by atoms with van der Waals surface area (Å²) in [6.07, 6.45) is 0. The topological polar surface area (TPSA) is 88.1 Å². The van der Waals surface area contributed by atoms with Gasteiger partial charge in [0, 0.05) is 17.7 Å². The lowest BCUT2D eigenvalue weighted by Gasteiger charge is -1.99. The molecule has 0 bridgehead atoms. The Balaban J connectivity index is 2.20. The number of aliphatic hydroxyl groups is 1. The van der Waals surface area contributed by atoms with E-state index in [2.05, 4.69) is 10.2 Å². The molecule has 6 nitrogen and oxygen atoms in total. The maximum Gasteiger partial charge on any atom is 0.269 e. The molecule has 0 spiro atoms. The normalized spacial score (nSPS) is 10.8. The third kappa shape index (κ3) is 3.20. The Morgan fingerprint density at radius 3 is 2.37 bits per heavy atom. The number of nitrogens with zero attached hydrogens (tertiary/aromatic N) is 3. The maximum absolute atomic E-state index is 10.5. The van der Waals surface area contributed by atoms with Crippen molar-refractivity contribution in [3.8, 4) is 0 Å². The minimum absolute atomic E-state index is 0.00899. The van der Waals surface area contributed by atoms with Crippen molar-refractivity contribution in [1.29, 1.82) is 0 Å². The average Bonchev–Trinajstić information content (AvgIpc) is 2.45. The number of azo groups is 1. The van der Waals surface area contributed by atoms with Gasteiger partial charge in [-0.15, -0.1) is 0 Å². The van der Waals surface area contributed by atoms with Gasteiger partial charge in [-0.05, 0) is 18.2 Å². The highest BCUT2D eigenvalue weighted by atomic mass is 16.6. The van der Waals surface area contributed by atoms with Crippen molar-refractivity contribution in [1.82, 2.24) is 0 Å². The van der Waals surface area contributed by atoms with Crippen molar-refractivity contribution in [3.05, 3.63) is 64.2 Å². The summed E-state index contributed by atoms with van der Waals surface area (Å²) in [5.41, 5.74) is 1.77. The molecule has 0 unspecified atom stereocenters. The number of nitro benzene ring substituents is 1. The van der Waals surface area contributed by atoms with Crippen LogP contribution in [-0.2, 0) is 6.61 Å². The predicted octanol–water partition coefficient (Wildman–Crippen LogP) is 3.50. The molecule has 0 radical (unpaired) electrons. The standard InChI is InChI=1S/C13H11N3O3/c17-9-10-3-1-2-4-13(10)15-14-11-5-7-12(8-6-11)16(18)19/h1-8,17H,9H2. The zero-order chi connectivity index (χ0) is 13.7. The van der Waals surface area contributed by atoms with E-state index in [1.54, 1.807) is 24.3 Å². The molecular formula is C13H11N3O3.